The van der Waals surface area contributed by atoms with E-state index in [1.807, 2.05) is 13.0 Å². The SMILES string of the molecule is CC(N)Cc1csc(Cc2cccc(Br)c2)n1. The molecular formula is C13H15BrN2S. The number of hydrogen-bond acceptors (Lipinski definition) is 3. The van der Waals surface area contributed by atoms with Gasteiger partial charge in [-0.3, -0.25) is 0 Å². The largest absolute Gasteiger partial charge is 0.328 e. The summed E-state index contributed by atoms with van der Waals surface area (Å²) in [6.45, 7) is 2.01. The van der Waals surface area contributed by atoms with Gasteiger partial charge in [-0.05, 0) is 24.6 Å². The fourth-order valence-corrected chi connectivity index (χ4v) is 2.96. The summed E-state index contributed by atoms with van der Waals surface area (Å²) in [5.41, 5.74) is 8.15. The zero-order valence-corrected chi connectivity index (χ0v) is 12.1. The first-order chi connectivity index (χ1) is 8.13. The minimum Gasteiger partial charge on any atom is -0.328 e. The Balaban J connectivity index is 2.06. The van der Waals surface area contributed by atoms with Crippen LogP contribution in [0.25, 0.3) is 0 Å². The molecule has 0 radical (unpaired) electrons. The highest BCUT2D eigenvalue weighted by molar-refractivity contribution is 9.10. The molecule has 1 heterocycles. The summed E-state index contributed by atoms with van der Waals surface area (Å²) in [6.07, 6.45) is 1.75. The molecule has 2 nitrogen and oxygen atoms in total. The van der Waals surface area contributed by atoms with Crippen LogP contribution < -0.4 is 5.73 Å². The molecule has 1 atom stereocenters. The molecule has 2 rings (SSSR count). The summed E-state index contributed by atoms with van der Waals surface area (Å²) in [4.78, 5) is 4.60. The molecule has 0 saturated carbocycles. The first kappa shape index (κ1) is 12.7. The second-order valence-electron chi connectivity index (χ2n) is 4.22. The van der Waals surface area contributed by atoms with Gasteiger partial charge in [0.15, 0.2) is 0 Å². The number of hydrogen-bond donors (Lipinski definition) is 1. The smallest absolute Gasteiger partial charge is 0.0972 e. The van der Waals surface area contributed by atoms with Gasteiger partial charge in [-0.15, -0.1) is 11.3 Å². The maximum absolute atomic E-state index is 5.76. The average molecular weight is 311 g/mol. The van der Waals surface area contributed by atoms with Gasteiger partial charge in [-0.1, -0.05) is 28.1 Å². The van der Waals surface area contributed by atoms with E-state index in [2.05, 4.69) is 44.5 Å². The van der Waals surface area contributed by atoms with Crippen LogP contribution in [0.2, 0.25) is 0 Å². The normalized spacial score (nSPS) is 12.6. The van der Waals surface area contributed by atoms with Crippen molar-refractivity contribution in [2.75, 3.05) is 0 Å². The number of aromatic nitrogens is 1. The molecule has 1 aromatic carbocycles. The van der Waals surface area contributed by atoms with Gasteiger partial charge in [0.05, 0.1) is 10.7 Å². The molecule has 0 spiro atoms. The van der Waals surface area contributed by atoms with Crippen molar-refractivity contribution in [3.05, 3.63) is 50.4 Å². The van der Waals surface area contributed by atoms with Crippen molar-refractivity contribution >= 4 is 27.3 Å². The van der Waals surface area contributed by atoms with Gasteiger partial charge in [-0.2, -0.15) is 0 Å². The summed E-state index contributed by atoms with van der Waals surface area (Å²) in [5.74, 6) is 0. The quantitative estimate of drug-likeness (QED) is 0.940. The highest BCUT2D eigenvalue weighted by Crippen LogP contribution is 2.18. The Bertz CT molecular complexity index is 494. The van der Waals surface area contributed by atoms with E-state index in [9.17, 15) is 0 Å². The molecule has 0 bridgehead atoms. The summed E-state index contributed by atoms with van der Waals surface area (Å²) in [5, 5.41) is 3.26. The fraction of sp³-hybridized carbons (Fsp3) is 0.308. The van der Waals surface area contributed by atoms with E-state index < -0.39 is 0 Å². The maximum atomic E-state index is 5.76. The van der Waals surface area contributed by atoms with Crippen LogP contribution in [0, 0.1) is 0 Å². The van der Waals surface area contributed by atoms with E-state index >= 15 is 0 Å². The molecule has 0 aliphatic heterocycles. The van der Waals surface area contributed by atoms with Crippen LogP contribution in [-0.2, 0) is 12.8 Å². The molecule has 17 heavy (non-hydrogen) atoms. The van der Waals surface area contributed by atoms with Crippen molar-refractivity contribution in [1.29, 1.82) is 0 Å². The van der Waals surface area contributed by atoms with Crippen LogP contribution in [0.4, 0.5) is 0 Å². The van der Waals surface area contributed by atoms with Crippen molar-refractivity contribution in [2.24, 2.45) is 5.73 Å². The van der Waals surface area contributed by atoms with E-state index in [1.165, 1.54) is 5.56 Å². The average Bonchev–Trinajstić information content (AvgIpc) is 2.64. The third-order valence-corrected chi connectivity index (χ3v) is 3.77. The summed E-state index contributed by atoms with van der Waals surface area (Å²) < 4.78 is 1.11. The van der Waals surface area contributed by atoms with E-state index in [0.717, 1.165) is 28.0 Å². The number of thiazole rings is 1. The van der Waals surface area contributed by atoms with Gasteiger partial charge in [-0.25, -0.2) is 4.98 Å². The van der Waals surface area contributed by atoms with Gasteiger partial charge < -0.3 is 5.73 Å². The topological polar surface area (TPSA) is 38.9 Å². The van der Waals surface area contributed by atoms with Gasteiger partial charge in [0, 0.05) is 28.7 Å². The fourth-order valence-electron chi connectivity index (χ4n) is 1.68. The van der Waals surface area contributed by atoms with E-state index in [0.29, 0.717) is 0 Å². The monoisotopic (exact) mass is 310 g/mol. The molecule has 1 aromatic heterocycles. The predicted molar refractivity (Wildman–Crippen MR) is 76.4 cm³/mol. The lowest BCUT2D eigenvalue weighted by atomic mass is 10.1. The standard InChI is InChI=1S/C13H15BrN2S/c1-9(15)5-12-8-17-13(16-12)7-10-3-2-4-11(14)6-10/h2-4,6,8-9H,5,7,15H2,1H3. The predicted octanol–water partition coefficient (Wildman–Crippen LogP) is 3.39. The molecule has 2 aromatic rings. The van der Waals surface area contributed by atoms with Crippen LogP contribution in [0.1, 0.15) is 23.2 Å². The molecule has 1 unspecified atom stereocenters. The Labute approximate surface area is 114 Å². The minimum absolute atomic E-state index is 0.177. The van der Waals surface area contributed by atoms with Gasteiger partial charge >= 0.3 is 0 Å². The van der Waals surface area contributed by atoms with Crippen LogP contribution >= 0.6 is 27.3 Å². The second kappa shape index (κ2) is 5.76. The van der Waals surface area contributed by atoms with Crippen LogP contribution in [0.15, 0.2) is 34.1 Å². The summed E-state index contributed by atoms with van der Waals surface area (Å²) in [7, 11) is 0. The Kier molecular flexibility index (Phi) is 4.31. The molecule has 0 aliphatic carbocycles. The molecule has 0 saturated heterocycles. The molecule has 0 amide bonds. The third-order valence-electron chi connectivity index (χ3n) is 2.37. The lowest BCUT2D eigenvalue weighted by Crippen LogP contribution is -2.17. The van der Waals surface area contributed by atoms with Crippen molar-refractivity contribution < 1.29 is 0 Å². The highest BCUT2D eigenvalue weighted by Gasteiger charge is 2.05. The summed E-state index contributed by atoms with van der Waals surface area (Å²) >= 11 is 5.19. The second-order valence-corrected chi connectivity index (χ2v) is 6.08. The zero-order valence-electron chi connectivity index (χ0n) is 9.69. The Morgan fingerprint density at radius 3 is 3.00 bits per heavy atom. The first-order valence-electron chi connectivity index (χ1n) is 5.57. The Morgan fingerprint density at radius 1 is 1.47 bits per heavy atom. The first-order valence-corrected chi connectivity index (χ1v) is 7.24. The molecular weight excluding hydrogens is 296 g/mol. The molecule has 2 N–H and O–H groups in total. The molecule has 4 heteroatoms. The van der Waals surface area contributed by atoms with Gasteiger partial charge in [0.1, 0.15) is 0 Å². The molecule has 0 aliphatic rings. The number of nitrogens with zero attached hydrogens (tertiary/aromatic N) is 1. The third kappa shape index (κ3) is 3.91. The maximum Gasteiger partial charge on any atom is 0.0972 e. The number of nitrogens with two attached hydrogens (primary N) is 1. The van der Waals surface area contributed by atoms with Gasteiger partial charge in [0.2, 0.25) is 0 Å². The molecule has 0 fully saturated rings. The minimum atomic E-state index is 0.177. The highest BCUT2D eigenvalue weighted by atomic mass is 79.9. The Hall–Kier alpha value is -0.710. The van der Waals surface area contributed by atoms with Gasteiger partial charge in [0.25, 0.3) is 0 Å². The lowest BCUT2D eigenvalue weighted by Gasteiger charge is -2.00. The van der Waals surface area contributed by atoms with E-state index in [4.69, 9.17) is 5.73 Å². The Morgan fingerprint density at radius 2 is 2.29 bits per heavy atom. The number of halogens is 1. The lowest BCUT2D eigenvalue weighted by molar-refractivity contribution is 0.724. The molecule has 90 valence electrons. The van der Waals surface area contributed by atoms with Crippen molar-refractivity contribution in [3.8, 4) is 0 Å². The van der Waals surface area contributed by atoms with Crippen LogP contribution in [-0.4, -0.2) is 11.0 Å². The van der Waals surface area contributed by atoms with Crippen LogP contribution in [0.3, 0.4) is 0 Å². The number of rotatable bonds is 4. The van der Waals surface area contributed by atoms with Crippen molar-refractivity contribution in [2.45, 2.75) is 25.8 Å². The van der Waals surface area contributed by atoms with Crippen molar-refractivity contribution in [3.63, 3.8) is 0 Å². The number of benzene rings is 1. The summed E-state index contributed by atoms with van der Waals surface area (Å²) in [6, 6.07) is 8.52. The zero-order chi connectivity index (χ0) is 12.3. The van der Waals surface area contributed by atoms with E-state index in [1.54, 1.807) is 11.3 Å². The van der Waals surface area contributed by atoms with Crippen molar-refractivity contribution in [1.82, 2.24) is 4.98 Å². The van der Waals surface area contributed by atoms with E-state index in [-0.39, 0.29) is 6.04 Å². The van der Waals surface area contributed by atoms with Crippen LogP contribution in [0.5, 0.6) is 0 Å².